The van der Waals surface area contributed by atoms with Crippen molar-refractivity contribution in [3.63, 3.8) is 0 Å². The minimum atomic E-state index is -2.16. The molecule has 1 aromatic carbocycles. The van der Waals surface area contributed by atoms with Crippen LogP contribution in [0.5, 0.6) is 0 Å². The molecule has 1 aromatic rings. The summed E-state index contributed by atoms with van der Waals surface area (Å²) in [5, 5.41) is 34.2. The van der Waals surface area contributed by atoms with Crippen molar-refractivity contribution in [1.82, 2.24) is 0 Å². The molecule has 0 radical (unpaired) electrons. The third-order valence-corrected chi connectivity index (χ3v) is 9.63. The van der Waals surface area contributed by atoms with Crippen LogP contribution in [-0.2, 0) is 9.53 Å². The van der Waals surface area contributed by atoms with Gasteiger partial charge in [-0.05, 0) is 66.2 Å². The largest absolute Gasteiger partial charge is 0.451 e. The van der Waals surface area contributed by atoms with Gasteiger partial charge in [-0.15, -0.1) is 0 Å². The van der Waals surface area contributed by atoms with Crippen LogP contribution in [0.3, 0.4) is 0 Å². The lowest BCUT2D eigenvalue weighted by Gasteiger charge is -2.48. The van der Waals surface area contributed by atoms with Crippen LogP contribution in [0, 0.1) is 41.4 Å². The van der Waals surface area contributed by atoms with Crippen LogP contribution in [0.25, 0.3) is 0 Å². The van der Waals surface area contributed by atoms with E-state index in [1.807, 2.05) is 6.92 Å². The minimum Gasteiger partial charge on any atom is -0.451 e. The normalized spacial score (nSPS) is 41.1. The Labute approximate surface area is 205 Å². The number of carbonyl (C=O) groups is 2. The lowest BCUT2D eigenvalue weighted by atomic mass is 9.59. The van der Waals surface area contributed by atoms with Gasteiger partial charge in [0.15, 0.2) is 17.5 Å². The van der Waals surface area contributed by atoms with Crippen molar-refractivity contribution in [3.05, 3.63) is 52.6 Å². The molecule has 2 saturated carbocycles. The third kappa shape index (κ3) is 2.89. The van der Waals surface area contributed by atoms with Gasteiger partial charge in [0.25, 0.3) is 0 Å². The predicted molar refractivity (Wildman–Crippen MR) is 130 cm³/mol. The Kier molecular flexibility index (Phi) is 5.20. The first-order valence-electron chi connectivity index (χ1n) is 12.4. The Morgan fingerprint density at radius 3 is 2.57 bits per heavy atom. The summed E-state index contributed by atoms with van der Waals surface area (Å²) in [5.74, 6) is -1.43. The second kappa shape index (κ2) is 7.51. The first-order valence-corrected chi connectivity index (χ1v) is 12.4. The summed E-state index contributed by atoms with van der Waals surface area (Å²) >= 11 is 0. The Balaban J connectivity index is 1.65. The van der Waals surface area contributed by atoms with Crippen molar-refractivity contribution in [3.8, 4) is 0 Å². The smallest absolute Gasteiger partial charge is 0.341 e. The average molecular weight is 482 g/mol. The summed E-state index contributed by atoms with van der Waals surface area (Å²) in [6.07, 6.45) is 1.21. The number of aliphatic hydroxyl groups is 3. The van der Waals surface area contributed by atoms with Crippen LogP contribution in [0.15, 0.2) is 41.5 Å². The van der Waals surface area contributed by atoms with Crippen LogP contribution in [-0.4, -0.2) is 51.5 Å². The van der Waals surface area contributed by atoms with Gasteiger partial charge in [-0.3, -0.25) is 4.79 Å². The second-order valence-corrected chi connectivity index (χ2v) is 11.7. The van der Waals surface area contributed by atoms with Crippen LogP contribution >= 0.6 is 0 Å². The number of hydrogen-bond acceptors (Lipinski definition) is 7. The highest BCUT2D eigenvalue weighted by molar-refractivity contribution is 5.98. The predicted octanol–water partition coefficient (Wildman–Crippen LogP) is 2.57. The van der Waals surface area contributed by atoms with Crippen molar-refractivity contribution >= 4 is 17.4 Å². The quantitative estimate of drug-likeness (QED) is 0.297. The maximum Gasteiger partial charge on any atom is 0.341 e. The molecule has 5 rings (SSSR count). The number of allylic oxidation sites excluding steroid dienone is 1. The lowest BCUT2D eigenvalue weighted by Crippen LogP contribution is -2.65. The monoisotopic (exact) mass is 481 g/mol. The number of aliphatic hydroxyl groups excluding tert-OH is 2. The molecule has 188 valence electrons. The molecule has 8 atom stereocenters. The molecule has 5 N–H and O–H groups in total. The SMILES string of the molecule is CC1=C[C@]23C(=O)[C@@H](C=C(CO)[C@@H](O)[C@]2(O)[C@H]1OC(=O)c1c(C)cccc1N)C1[C@@H](C[C@H]3C)C1(C)C. The Bertz CT molecular complexity index is 1160. The molecule has 35 heavy (non-hydrogen) atoms. The molecule has 1 spiro atoms. The zero-order valence-electron chi connectivity index (χ0n) is 20.9. The van der Waals surface area contributed by atoms with Crippen LogP contribution < -0.4 is 5.73 Å². The summed E-state index contributed by atoms with van der Waals surface area (Å²) in [7, 11) is 0. The number of ether oxygens (including phenoxy) is 1. The third-order valence-electron chi connectivity index (χ3n) is 9.63. The molecule has 0 saturated heterocycles. The van der Waals surface area contributed by atoms with E-state index < -0.39 is 41.7 Å². The number of rotatable bonds is 3. The molecular weight excluding hydrogens is 446 g/mol. The molecule has 7 heteroatoms. The van der Waals surface area contributed by atoms with E-state index in [2.05, 4.69) is 13.8 Å². The van der Waals surface area contributed by atoms with Gasteiger partial charge >= 0.3 is 5.97 Å². The van der Waals surface area contributed by atoms with E-state index >= 15 is 0 Å². The van der Waals surface area contributed by atoms with Gasteiger partial charge in [-0.2, -0.15) is 0 Å². The van der Waals surface area contributed by atoms with Crippen molar-refractivity contribution in [2.24, 2.45) is 34.5 Å². The van der Waals surface area contributed by atoms with E-state index in [4.69, 9.17) is 10.5 Å². The Morgan fingerprint density at radius 1 is 1.26 bits per heavy atom. The fourth-order valence-electron chi connectivity index (χ4n) is 7.73. The molecule has 4 aliphatic rings. The number of Topliss-reactive ketones (excluding diaryl/α,β-unsaturated/α-hetero) is 1. The molecule has 7 nitrogen and oxygen atoms in total. The summed E-state index contributed by atoms with van der Waals surface area (Å²) in [5.41, 5.74) is 4.12. The highest BCUT2D eigenvalue weighted by atomic mass is 16.6. The fraction of sp³-hybridized carbons (Fsp3) is 0.571. The van der Waals surface area contributed by atoms with Gasteiger partial charge in [0.2, 0.25) is 0 Å². The van der Waals surface area contributed by atoms with Crippen molar-refractivity contribution in [1.29, 1.82) is 0 Å². The molecule has 1 unspecified atom stereocenters. The number of carbonyl (C=O) groups excluding carboxylic acids is 2. The molecule has 0 amide bonds. The highest BCUT2D eigenvalue weighted by Gasteiger charge is 2.76. The Morgan fingerprint density at radius 2 is 1.94 bits per heavy atom. The number of benzene rings is 1. The van der Waals surface area contributed by atoms with Gasteiger partial charge in [-0.25, -0.2) is 4.79 Å². The van der Waals surface area contributed by atoms with E-state index in [1.165, 1.54) is 0 Å². The average Bonchev–Trinajstić information content (AvgIpc) is 3.27. The number of anilines is 1. The highest BCUT2D eigenvalue weighted by Crippen LogP contribution is 2.71. The molecule has 2 fully saturated rings. The standard InChI is InChI=1S/C28H35NO6/c1-13-7-6-8-19(29)20(13)25(33)35-24-14(2)11-27-15(3)9-18-21(26(18,4)5)17(23(27)32)10-16(12-30)22(31)28(24,27)34/h6-8,10-11,15,17-18,21-22,24,30-31,34H,9,12,29H2,1-5H3/t15-,17+,18-,21?,22-,24+,27+,28+/m1/s1. The van der Waals surface area contributed by atoms with E-state index in [9.17, 15) is 24.9 Å². The Hall–Kier alpha value is -2.48. The van der Waals surface area contributed by atoms with Crippen molar-refractivity contribution < 1.29 is 29.6 Å². The topological polar surface area (TPSA) is 130 Å². The molecule has 0 heterocycles. The first-order chi connectivity index (χ1) is 16.3. The number of ketones is 1. The number of esters is 1. The second-order valence-electron chi connectivity index (χ2n) is 11.7. The fourth-order valence-corrected chi connectivity index (χ4v) is 7.73. The molecule has 0 aliphatic heterocycles. The first kappa shape index (κ1) is 24.2. The van der Waals surface area contributed by atoms with Gasteiger partial charge in [0.05, 0.1) is 17.6 Å². The van der Waals surface area contributed by atoms with Crippen molar-refractivity contribution in [2.45, 2.75) is 58.8 Å². The lowest BCUT2D eigenvalue weighted by molar-refractivity contribution is -0.190. The summed E-state index contributed by atoms with van der Waals surface area (Å²) in [6.45, 7) is 9.16. The molecule has 0 aromatic heterocycles. The van der Waals surface area contributed by atoms with Gasteiger partial charge in [-0.1, -0.05) is 45.1 Å². The van der Waals surface area contributed by atoms with Crippen molar-refractivity contribution in [2.75, 3.05) is 12.3 Å². The number of aryl methyl sites for hydroxylation is 1. The van der Waals surface area contributed by atoms with Gasteiger partial charge in [0, 0.05) is 11.6 Å². The zero-order valence-corrected chi connectivity index (χ0v) is 20.9. The van der Waals surface area contributed by atoms with E-state index in [0.717, 1.165) is 0 Å². The summed E-state index contributed by atoms with van der Waals surface area (Å²) < 4.78 is 5.91. The van der Waals surface area contributed by atoms with Crippen LogP contribution in [0.4, 0.5) is 5.69 Å². The van der Waals surface area contributed by atoms with E-state index in [1.54, 1.807) is 44.2 Å². The summed E-state index contributed by atoms with van der Waals surface area (Å²) in [6, 6.07) is 5.07. The van der Waals surface area contributed by atoms with Gasteiger partial charge < -0.3 is 25.8 Å². The number of hydrogen-bond donors (Lipinski definition) is 4. The molecule has 2 bridgehead atoms. The molecule has 4 aliphatic carbocycles. The van der Waals surface area contributed by atoms with E-state index in [-0.39, 0.29) is 45.8 Å². The van der Waals surface area contributed by atoms with Gasteiger partial charge in [0.1, 0.15) is 6.10 Å². The molecular formula is C28H35NO6. The number of nitrogen functional groups attached to an aromatic ring is 1. The van der Waals surface area contributed by atoms with Crippen LogP contribution in [0.2, 0.25) is 0 Å². The summed E-state index contributed by atoms with van der Waals surface area (Å²) in [4.78, 5) is 27.7. The minimum absolute atomic E-state index is 0.0493. The number of nitrogens with two attached hydrogens (primary N) is 1. The van der Waals surface area contributed by atoms with Crippen LogP contribution in [0.1, 0.15) is 50.0 Å². The van der Waals surface area contributed by atoms with E-state index in [0.29, 0.717) is 17.6 Å². The maximum atomic E-state index is 14.4. The zero-order chi connectivity index (χ0) is 25.7. The maximum absolute atomic E-state index is 14.4. The number of fused-ring (bicyclic) bond motifs is 3.